The maximum atomic E-state index is 12.9. The molecule has 6 nitrogen and oxygen atoms in total. The maximum absolute atomic E-state index is 12.9. The fraction of sp³-hybridized carbons (Fsp3) is 0.174. The van der Waals surface area contributed by atoms with E-state index in [1.54, 1.807) is 43.5 Å². The van der Waals surface area contributed by atoms with Gasteiger partial charge in [0.15, 0.2) is 11.5 Å². The Hall–Kier alpha value is -2.14. The lowest BCUT2D eigenvalue weighted by Gasteiger charge is -2.13. The largest absolute Gasteiger partial charge is 0.493 e. The van der Waals surface area contributed by atoms with Crippen LogP contribution in [-0.4, -0.2) is 48.5 Å². The summed E-state index contributed by atoms with van der Waals surface area (Å²) in [5, 5.41) is 1.34. The number of halogens is 2. The molecule has 3 aromatic rings. The summed E-state index contributed by atoms with van der Waals surface area (Å²) >= 11 is 20.4. The molecule has 2 heterocycles. The van der Waals surface area contributed by atoms with Crippen LogP contribution in [0.5, 0.6) is 11.5 Å². The number of thioether (sulfide) groups is 1. The van der Waals surface area contributed by atoms with E-state index >= 15 is 0 Å². The van der Waals surface area contributed by atoms with Crippen LogP contribution in [0.4, 0.5) is 0 Å². The lowest BCUT2D eigenvalue weighted by atomic mass is 10.2. The molecule has 2 aromatic carbocycles. The van der Waals surface area contributed by atoms with Crippen molar-refractivity contribution in [3.05, 3.63) is 61.8 Å². The van der Waals surface area contributed by atoms with Gasteiger partial charge < -0.3 is 14.2 Å². The highest BCUT2D eigenvalue weighted by atomic mass is 35.5. The van der Waals surface area contributed by atoms with Crippen LogP contribution in [0.25, 0.3) is 16.2 Å². The molecule has 0 radical (unpaired) electrons. The van der Waals surface area contributed by atoms with E-state index in [2.05, 4.69) is 0 Å². The van der Waals surface area contributed by atoms with Crippen LogP contribution < -0.4 is 9.47 Å². The van der Waals surface area contributed by atoms with Gasteiger partial charge in [0.2, 0.25) is 0 Å². The SMILES string of the molecule is COCCN1C(=O)/C(=C/c2ccc(OC(=O)c3sc4cccc(Cl)c4c3Cl)c(OC)c2)SC1=S. The molecule has 0 N–H and O–H groups in total. The lowest BCUT2D eigenvalue weighted by molar-refractivity contribution is -0.122. The van der Waals surface area contributed by atoms with Crippen LogP contribution in [0.15, 0.2) is 41.3 Å². The Balaban J connectivity index is 1.56. The normalized spacial score (nSPS) is 14.9. The van der Waals surface area contributed by atoms with Gasteiger partial charge in [-0.1, -0.05) is 59.3 Å². The van der Waals surface area contributed by atoms with Gasteiger partial charge in [0.1, 0.15) is 9.20 Å². The number of fused-ring (bicyclic) bond motifs is 1. The number of benzene rings is 2. The molecule has 0 spiro atoms. The lowest BCUT2D eigenvalue weighted by Crippen LogP contribution is -2.31. The first-order chi connectivity index (χ1) is 16.3. The fourth-order valence-corrected chi connectivity index (χ4v) is 6.36. The molecule has 1 saturated heterocycles. The predicted molar refractivity (Wildman–Crippen MR) is 142 cm³/mol. The van der Waals surface area contributed by atoms with Gasteiger partial charge in [-0.15, -0.1) is 11.3 Å². The van der Waals surface area contributed by atoms with Crippen molar-refractivity contribution in [2.24, 2.45) is 0 Å². The van der Waals surface area contributed by atoms with Crippen LogP contribution in [0.1, 0.15) is 15.2 Å². The first-order valence-electron chi connectivity index (χ1n) is 9.85. The second kappa shape index (κ2) is 10.6. The molecule has 0 atom stereocenters. The van der Waals surface area contributed by atoms with Gasteiger partial charge in [-0.2, -0.15) is 0 Å². The van der Waals surface area contributed by atoms with Crippen molar-refractivity contribution in [2.45, 2.75) is 0 Å². The molecule has 1 aliphatic heterocycles. The molecule has 34 heavy (non-hydrogen) atoms. The van der Waals surface area contributed by atoms with E-state index in [-0.39, 0.29) is 21.6 Å². The predicted octanol–water partition coefficient (Wildman–Crippen LogP) is 6.28. The van der Waals surface area contributed by atoms with E-state index in [0.29, 0.717) is 44.1 Å². The minimum absolute atomic E-state index is 0.181. The number of thiocarbonyl (C=S) groups is 1. The molecule has 0 aliphatic carbocycles. The first-order valence-corrected chi connectivity index (χ1v) is 12.6. The molecule has 1 aromatic heterocycles. The Labute approximate surface area is 219 Å². The van der Waals surface area contributed by atoms with Gasteiger partial charge >= 0.3 is 5.97 Å². The number of thiophene rings is 1. The fourth-order valence-electron chi connectivity index (χ4n) is 3.23. The minimum atomic E-state index is -0.618. The molecule has 11 heteroatoms. The van der Waals surface area contributed by atoms with E-state index in [4.69, 9.17) is 49.6 Å². The number of methoxy groups -OCH3 is 2. The van der Waals surface area contributed by atoms with E-state index in [1.807, 2.05) is 6.07 Å². The Morgan fingerprint density at radius 1 is 1.18 bits per heavy atom. The number of hydrogen-bond acceptors (Lipinski definition) is 8. The van der Waals surface area contributed by atoms with Gasteiger partial charge in [0.25, 0.3) is 5.91 Å². The second-order valence-electron chi connectivity index (χ2n) is 6.98. The highest BCUT2D eigenvalue weighted by Crippen LogP contribution is 2.40. The third-order valence-electron chi connectivity index (χ3n) is 4.87. The second-order valence-corrected chi connectivity index (χ2v) is 10.5. The van der Waals surface area contributed by atoms with E-state index in [0.717, 1.165) is 4.70 Å². The van der Waals surface area contributed by atoms with E-state index in [1.165, 1.54) is 35.1 Å². The standard InChI is InChI=1S/C23H17Cl2NO5S3/c1-29-9-8-26-21(27)17(34-23(26)32)11-12-6-7-14(15(10-12)30-2)31-22(28)20-19(25)18-13(24)4-3-5-16(18)33-20/h3-7,10-11H,8-9H2,1-2H3/b17-11-. The number of nitrogens with zero attached hydrogens (tertiary/aromatic N) is 1. The van der Waals surface area contributed by atoms with Gasteiger partial charge in [-0.05, 0) is 35.9 Å². The molecule has 176 valence electrons. The number of hydrogen-bond donors (Lipinski definition) is 0. The van der Waals surface area contributed by atoms with Crippen molar-refractivity contribution < 1.29 is 23.8 Å². The molecule has 0 bridgehead atoms. The number of ether oxygens (including phenoxy) is 3. The zero-order valence-corrected chi connectivity index (χ0v) is 21.9. The van der Waals surface area contributed by atoms with Crippen LogP contribution >= 0.6 is 58.5 Å². The Kier molecular flexibility index (Phi) is 7.81. The number of carbonyl (C=O) groups is 2. The van der Waals surface area contributed by atoms with Crippen LogP contribution in [0, 0.1) is 0 Å². The molecule has 4 rings (SSSR count). The number of rotatable bonds is 7. The molecule has 1 amide bonds. The minimum Gasteiger partial charge on any atom is -0.493 e. The summed E-state index contributed by atoms with van der Waals surface area (Å²) in [4.78, 5) is 27.8. The van der Waals surface area contributed by atoms with Crippen LogP contribution in [-0.2, 0) is 9.53 Å². The van der Waals surface area contributed by atoms with Gasteiger partial charge in [-0.3, -0.25) is 9.69 Å². The third kappa shape index (κ3) is 4.95. The quantitative estimate of drug-likeness (QED) is 0.147. The summed E-state index contributed by atoms with van der Waals surface area (Å²) in [5.41, 5.74) is 0.690. The van der Waals surface area contributed by atoms with Gasteiger partial charge in [0, 0.05) is 17.2 Å². The smallest absolute Gasteiger partial charge is 0.355 e. The number of carbonyl (C=O) groups excluding carboxylic acids is 2. The zero-order chi connectivity index (χ0) is 24.4. The molecule has 1 aliphatic rings. The van der Waals surface area contributed by atoms with Crippen molar-refractivity contribution in [2.75, 3.05) is 27.4 Å². The third-order valence-corrected chi connectivity index (χ3v) is 8.19. The summed E-state index contributed by atoms with van der Waals surface area (Å²) in [5.74, 6) is -0.254. The maximum Gasteiger partial charge on any atom is 0.355 e. The molecule has 1 fully saturated rings. The van der Waals surface area contributed by atoms with Gasteiger partial charge in [-0.25, -0.2) is 4.79 Å². The zero-order valence-electron chi connectivity index (χ0n) is 17.9. The summed E-state index contributed by atoms with van der Waals surface area (Å²) < 4.78 is 17.3. The first kappa shape index (κ1) is 25.0. The highest BCUT2D eigenvalue weighted by molar-refractivity contribution is 8.26. The summed E-state index contributed by atoms with van der Waals surface area (Å²) in [7, 11) is 3.03. The number of esters is 1. The van der Waals surface area contributed by atoms with Crippen molar-refractivity contribution >= 4 is 90.9 Å². The Morgan fingerprint density at radius 2 is 1.97 bits per heavy atom. The van der Waals surface area contributed by atoms with Crippen molar-refractivity contribution in [3.63, 3.8) is 0 Å². The molecular formula is C23H17Cl2NO5S3. The number of amides is 1. The Bertz CT molecular complexity index is 1340. The highest BCUT2D eigenvalue weighted by Gasteiger charge is 2.31. The van der Waals surface area contributed by atoms with Crippen LogP contribution in [0.2, 0.25) is 10.0 Å². The van der Waals surface area contributed by atoms with E-state index < -0.39 is 5.97 Å². The summed E-state index contributed by atoms with van der Waals surface area (Å²) in [6.45, 7) is 0.784. The summed E-state index contributed by atoms with van der Waals surface area (Å²) in [6.07, 6.45) is 1.71. The van der Waals surface area contributed by atoms with E-state index in [9.17, 15) is 9.59 Å². The van der Waals surface area contributed by atoms with Crippen LogP contribution in [0.3, 0.4) is 0 Å². The molecule has 0 saturated carbocycles. The van der Waals surface area contributed by atoms with Crippen molar-refractivity contribution in [1.82, 2.24) is 4.90 Å². The average molecular weight is 554 g/mol. The topological polar surface area (TPSA) is 65.1 Å². The molecular weight excluding hydrogens is 537 g/mol. The summed E-state index contributed by atoms with van der Waals surface area (Å²) in [6, 6.07) is 10.3. The van der Waals surface area contributed by atoms with Crippen molar-refractivity contribution in [3.8, 4) is 11.5 Å². The van der Waals surface area contributed by atoms with Crippen molar-refractivity contribution in [1.29, 1.82) is 0 Å². The molecule has 0 unspecified atom stereocenters. The average Bonchev–Trinajstić information content (AvgIpc) is 3.29. The Morgan fingerprint density at radius 3 is 2.68 bits per heavy atom. The van der Waals surface area contributed by atoms with Gasteiger partial charge in [0.05, 0.1) is 35.2 Å². The monoisotopic (exact) mass is 553 g/mol.